The molecule has 0 aliphatic carbocycles. The van der Waals surface area contributed by atoms with E-state index in [4.69, 9.17) is 10.5 Å². The highest BCUT2D eigenvalue weighted by molar-refractivity contribution is 5.61. The van der Waals surface area contributed by atoms with Crippen LogP contribution in [0.3, 0.4) is 0 Å². The highest BCUT2D eigenvalue weighted by atomic mass is 19.1. The first-order chi connectivity index (χ1) is 8.95. The molecule has 0 unspecified atom stereocenters. The quantitative estimate of drug-likeness (QED) is 0.846. The van der Waals surface area contributed by atoms with Gasteiger partial charge in [0.25, 0.3) is 0 Å². The molecule has 0 saturated carbocycles. The summed E-state index contributed by atoms with van der Waals surface area (Å²) in [5.41, 5.74) is 5.87. The molecule has 0 spiro atoms. The molecule has 2 aromatic rings. The molecule has 1 aromatic heterocycles. The molecule has 19 heavy (non-hydrogen) atoms. The van der Waals surface area contributed by atoms with E-state index < -0.39 is 11.4 Å². The van der Waals surface area contributed by atoms with Gasteiger partial charge in [0, 0.05) is 12.7 Å². The number of nitrogens with two attached hydrogens (primary N) is 1. The summed E-state index contributed by atoms with van der Waals surface area (Å²) in [6.07, 6.45) is 0. The van der Waals surface area contributed by atoms with E-state index in [1.165, 1.54) is 12.1 Å². The van der Waals surface area contributed by atoms with Crippen molar-refractivity contribution in [2.24, 2.45) is 0 Å². The Morgan fingerprint density at radius 1 is 1.42 bits per heavy atom. The van der Waals surface area contributed by atoms with E-state index in [0.717, 1.165) is 0 Å². The van der Waals surface area contributed by atoms with Crippen molar-refractivity contribution in [1.82, 2.24) is 20.2 Å². The summed E-state index contributed by atoms with van der Waals surface area (Å²) in [6.45, 7) is 4.34. The zero-order valence-electron chi connectivity index (χ0n) is 11.1. The maximum Gasteiger partial charge on any atom is 0.182 e. The largest absolute Gasteiger partial charge is 0.396 e. The molecule has 0 bridgehead atoms. The standard InChI is InChI=1S/C12H16FN5O/c1-12(2,7-19-3)18-11(15-16-17-18)8-4-5-9(13)10(14)6-8/h4-6H,7,14H2,1-3H3. The fourth-order valence-corrected chi connectivity index (χ4v) is 1.87. The number of anilines is 1. The fraction of sp³-hybridized carbons (Fsp3) is 0.417. The van der Waals surface area contributed by atoms with E-state index in [2.05, 4.69) is 15.5 Å². The molecule has 0 aliphatic heterocycles. The van der Waals surface area contributed by atoms with E-state index in [-0.39, 0.29) is 5.69 Å². The normalized spacial score (nSPS) is 11.8. The van der Waals surface area contributed by atoms with Crippen LogP contribution in [-0.2, 0) is 10.3 Å². The number of rotatable bonds is 4. The lowest BCUT2D eigenvalue weighted by Gasteiger charge is -2.24. The van der Waals surface area contributed by atoms with Gasteiger partial charge in [-0.15, -0.1) is 5.10 Å². The topological polar surface area (TPSA) is 78.8 Å². The van der Waals surface area contributed by atoms with Crippen LogP contribution < -0.4 is 5.73 Å². The highest BCUT2D eigenvalue weighted by Crippen LogP contribution is 2.25. The number of hydrogen-bond acceptors (Lipinski definition) is 5. The number of hydrogen-bond donors (Lipinski definition) is 1. The lowest BCUT2D eigenvalue weighted by atomic mass is 10.1. The Labute approximate surface area is 110 Å². The van der Waals surface area contributed by atoms with E-state index in [1.54, 1.807) is 17.9 Å². The number of aromatic nitrogens is 4. The Kier molecular flexibility index (Phi) is 3.48. The second-order valence-corrected chi connectivity index (χ2v) is 4.90. The van der Waals surface area contributed by atoms with E-state index in [1.807, 2.05) is 13.8 Å². The van der Waals surface area contributed by atoms with Crippen LogP contribution in [0.2, 0.25) is 0 Å². The lowest BCUT2D eigenvalue weighted by Crippen LogP contribution is -2.33. The van der Waals surface area contributed by atoms with Crippen LogP contribution in [0.5, 0.6) is 0 Å². The molecule has 1 heterocycles. The van der Waals surface area contributed by atoms with Gasteiger partial charge >= 0.3 is 0 Å². The van der Waals surface area contributed by atoms with Crippen LogP contribution >= 0.6 is 0 Å². The van der Waals surface area contributed by atoms with Crippen molar-refractivity contribution in [2.45, 2.75) is 19.4 Å². The molecule has 1 aromatic carbocycles. The maximum absolute atomic E-state index is 13.2. The minimum atomic E-state index is -0.459. The zero-order valence-corrected chi connectivity index (χ0v) is 11.1. The molecule has 102 valence electrons. The first-order valence-corrected chi connectivity index (χ1v) is 5.79. The third-order valence-electron chi connectivity index (χ3n) is 2.79. The predicted molar refractivity (Wildman–Crippen MR) is 68.8 cm³/mol. The number of tetrazole rings is 1. The monoisotopic (exact) mass is 265 g/mol. The molecule has 0 aliphatic rings. The fourth-order valence-electron chi connectivity index (χ4n) is 1.87. The summed E-state index contributed by atoms with van der Waals surface area (Å²) in [5.74, 6) is 0.0627. The Bertz CT molecular complexity index is 581. The number of methoxy groups -OCH3 is 1. The van der Waals surface area contributed by atoms with Gasteiger partial charge in [-0.1, -0.05) is 0 Å². The summed E-state index contributed by atoms with van der Waals surface area (Å²) in [6, 6.07) is 4.41. The second kappa shape index (κ2) is 4.93. The van der Waals surface area contributed by atoms with Crippen LogP contribution in [-0.4, -0.2) is 33.9 Å². The molecule has 0 fully saturated rings. The molecular formula is C12H16FN5O. The van der Waals surface area contributed by atoms with Crippen molar-refractivity contribution in [3.8, 4) is 11.4 Å². The molecule has 0 radical (unpaired) electrons. The van der Waals surface area contributed by atoms with Crippen LogP contribution in [0.4, 0.5) is 10.1 Å². The Morgan fingerprint density at radius 3 is 2.79 bits per heavy atom. The number of nitrogens with zero attached hydrogens (tertiary/aromatic N) is 4. The van der Waals surface area contributed by atoms with Crippen molar-refractivity contribution in [3.05, 3.63) is 24.0 Å². The third-order valence-corrected chi connectivity index (χ3v) is 2.79. The van der Waals surface area contributed by atoms with Gasteiger partial charge in [-0.25, -0.2) is 9.07 Å². The molecular weight excluding hydrogens is 249 g/mol. The van der Waals surface area contributed by atoms with Crippen LogP contribution in [0.15, 0.2) is 18.2 Å². The second-order valence-electron chi connectivity index (χ2n) is 4.90. The first-order valence-electron chi connectivity index (χ1n) is 5.79. The van der Waals surface area contributed by atoms with Crippen LogP contribution in [0.1, 0.15) is 13.8 Å². The van der Waals surface area contributed by atoms with Gasteiger partial charge in [0.2, 0.25) is 0 Å². The van der Waals surface area contributed by atoms with Gasteiger partial charge in [-0.2, -0.15) is 0 Å². The van der Waals surface area contributed by atoms with E-state index >= 15 is 0 Å². The summed E-state index contributed by atoms with van der Waals surface area (Å²) in [5, 5.41) is 11.6. The zero-order chi connectivity index (χ0) is 14.0. The molecule has 2 rings (SSSR count). The van der Waals surface area contributed by atoms with Crippen molar-refractivity contribution in [3.63, 3.8) is 0 Å². The Hall–Kier alpha value is -2.02. The van der Waals surface area contributed by atoms with Gasteiger partial charge in [-0.3, -0.25) is 0 Å². The van der Waals surface area contributed by atoms with Crippen molar-refractivity contribution in [1.29, 1.82) is 0 Å². The van der Waals surface area contributed by atoms with Gasteiger partial charge in [-0.05, 0) is 42.5 Å². The average Bonchev–Trinajstić information content (AvgIpc) is 2.82. The summed E-state index contributed by atoms with van der Waals surface area (Å²) in [7, 11) is 1.61. The Balaban J connectivity index is 2.47. The minimum absolute atomic E-state index is 0.0663. The Morgan fingerprint density at radius 2 is 2.16 bits per heavy atom. The highest BCUT2D eigenvalue weighted by Gasteiger charge is 2.26. The molecule has 0 atom stereocenters. The van der Waals surface area contributed by atoms with Crippen molar-refractivity contribution < 1.29 is 9.13 Å². The number of benzene rings is 1. The van der Waals surface area contributed by atoms with Crippen molar-refractivity contribution in [2.75, 3.05) is 19.5 Å². The third kappa shape index (κ3) is 2.55. The number of halogens is 1. The predicted octanol–water partition coefficient (Wildman–Crippen LogP) is 1.44. The SMILES string of the molecule is COCC(C)(C)n1nnnc1-c1ccc(F)c(N)c1. The average molecular weight is 265 g/mol. The van der Waals surface area contributed by atoms with Gasteiger partial charge in [0.05, 0.1) is 17.8 Å². The van der Waals surface area contributed by atoms with Crippen LogP contribution in [0, 0.1) is 5.82 Å². The van der Waals surface area contributed by atoms with Gasteiger partial charge < -0.3 is 10.5 Å². The lowest BCUT2D eigenvalue weighted by molar-refractivity contribution is 0.101. The number of ether oxygens (including phenoxy) is 1. The van der Waals surface area contributed by atoms with Gasteiger partial charge in [0.15, 0.2) is 5.82 Å². The summed E-state index contributed by atoms with van der Waals surface area (Å²) in [4.78, 5) is 0. The van der Waals surface area contributed by atoms with Crippen LogP contribution in [0.25, 0.3) is 11.4 Å². The van der Waals surface area contributed by atoms with Crippen molar-refractivity contribution >= 4 is 5.69 Å². The van der Waals surface area contributed by atoms with E-state index in [9.17, 15) is 4.39 Å². The molecule has 0 amide bonds. The summed E-state index contributed by atoms with van der Waals surface area (Å²) < 4.78 is 20.0. The smallest absolute Gasteiger partial charge is 0.182 e. The van der Waals surface area contributed by atoms with E-state index in [0.29, 0.717) is 18.0 Å². The van der Waals surface area contributed by atoms with Gasteiger partial charge in [0.1, 0.15) is 5.82 Å². The molecule has 2 N–H and O–H groups in total. The molecule has 6 nitrogen and oxygen atoms in total. The molecule has 7 heteroatoms. The number of nitrogen functional groups attached to an aromatic ring is 1. The summed E-state index contributed by atoms with van der Waals surface area (Å²) >= 11 is 0. The maximum atomic E-state index is 13.2. The minimum Gasteiger partial charge on any atom is -0.396 e. The first kappa shape index (κ1) is 13.4. The molecule has 0 saturated heterocycles.